The predicted molar refractivity (Wildman–Crippen MR) is 57.8 cm³/mol. The number of benzene rings is 1. The van der Waals surface area contributed by atoms with E-state index in [0.29, 0.717) is 0 Å². The third-order valence-electron chi connectivity index (χ3n) is 2.17. The average molecular weight is 199 g/mol. The molecule has 2 nitrogen and oxygen atoms in total. The number of imidazole rings is 1. The van der Waals surface area contributed by atoms with E-state index in [-0.39, 0.29) is 0 Å². The van der Waals surface area contributed by atoms with Crippen molar-refractivity contribution in [1.82, 2.24) is 9.55 Å². The molecule has 3 heteroatoms. The minimum atomic E-state index is 1.11. The summed E-state index contributed by atoms with van der Waals surface area (Å²) < 4.78 is 3.18. The Bertz CT molecular complexity index is 551. The molecule has 3 aromatic rings. The Kier molecular flexibility index (Phi) is 1.64. The number of aromatic nitrogens is 2. The summed E-state index contributed by atoms with van der Waals surface area (Å²) in [5, 5.41) is 3.39. The summed E-state index contributed by atoms with van der Waals surface area (Å²) in [5.41, 5.74) is 1.11. The van der Waals surface area contributed by atoms with E-state index in [2.05, 4.69) is 41.0 Å². The molecule has 0 saturated heterocycles. The Morgan fingerprint density at radius 1 is 1.29 bits per heavy atom. The fourth-order valence-electron chi connectivity index (χ4n) is 1.47. The summed E-state index contributed by atoms with van der Waals surface area (Å²) in [7, 11) is 0. The lowest BCUT2D eigenvalue weighted by atomic mass is 10.2. The topological polar surface area (TPSA) is 17.8 Å². The first-order valence-electron chi connectivity index (χ1n) is 4.32. The van der Waals surface area contributed by atoms with Gasteiger partial charge < -0.3 is 0 Å². The second-order valence-electron chi connectivity index (χ2n) is 3.04. The third-order valence-corrected chi connectivity index (χ3v) is 3.05. The molecule has 67 valence electrons. The SMILES string of the molecule is [c]1nccn1-c1ccc2ccsc2c1. The van der Waals surface area contributed by atoms with Crippen molar-refractivity contribution in [3.63, 3.8) is 0 Å². The smallest absolute Gasteiger partial charge is 0.181 e. The first-order valence-corrected chi connectivity index (χ1v) is 5.20. The zero-order chi connectivity index (χ0) is 9.38. The molecule has 0 bridgehead atoms. The highest BCUT2D eigenvalue weighted by atomic mass is 32.1. The van der Waals surface area contributed by atoms with Crippen molar-refractivity contribution in [2.45, 2.75) is 0 Å². The van der Waals surface area contributed by atoms with E-state index in [0.717, 1.165) is 5.69 Å². The second-order valence-corrected chi connectivity index (χ2v) is 3.99. The van der Waals surface area contributed by atoms with Crippen LogP contribution in [-0.4, -0.2) is 9.55 Å². The minimum Gasteiger partial charge on any atom is -0.297 e. The van der Waals surface area contributed by atoms with Crippen LogP contribution in [0.25, 0.3) is 15.8 Å². The van der Waals surface area contributed by atoms with Gasteiger partial charge >= 0.3 is 0 Å². The number of fused-ring (bicyclic) bond motifs is 1. The summed E-state index contributed by atoms with van der Waals surface area (Å²) >= 11 is 1.75. The first kappa shape index (κ1) is 7.76. The van der Waals surface area contributed by atoms with Crippen molar-refractivity contribution in [2.24, 2.45) is 0 Å². The molecule has 1 aromatic carbocycles. The van der Waals surface area contributed by atoms with E-state index >= 15 is 0 Å². The van der Waals surface area contributed by atoms with Crippen molar-refractivity contribution in [1.29, 1.82) is 0 Å². The van der Waals surface area contributed by atoms with Crippen LogP contribution in [0.5, 0.6) is 0 Å². The van der Waals surface area contributed by atoms with Gasteiger partial charge in [0, 0.05) is 22.8 Å². The number of rotatable bonds is 1. The van der Waals surface area contributed by atoms with Crippen LogP contribution in [-0.2, 0) is 0 Å². The van der Waals surface area contributed by atoms with Crippen molar-refractivity contribution < 1.29 is 0 Å². The highest BCUT2D eigenvalue weighted by Crippen LogP contribution is 2.23. The monoisotopic (exact) mass is 199 g/mol. The molecule has 0 aliphatic carbocycles. The number of hydrogen-bond donors (Lipinski definition) is 0. The van der Waals surface area contributed by atoms with Crippen molar-refractivity contribution in [3.8, 4) is 5.69 Å². The maximum absolute atomic E-state index is 3.91. The molecule has 0 atom stereocenters. The minimum absolute atomic E-state index is 1.11. The van der Waals surface area contributed by atoms with Crippen molar-refractivity contribution in [3.05, 3.63) is 48.4 Å². The molecule has 1 radical (unpaired) electrons. The van der Waals surface area contributed by atoms with Crippen molar-refractivity contribution >= 4 is 21.4 Å². The molecule has 0 spiro atoms. The fraction of sp³-hybridized carbons (Fsp3) is 0. The molecule has 2 aromatic heterocycles. The van der Waals surface area contributed by atoms with Crippen LogP contribution >= 0.6 is 11.3 Å². The quantitative estimate of drug-likeness (QED) is 0.589. The van der Waals surface area contributed by atoms with E-state index in [4.69, 9.17) is 0 Å². The van der Waals surface area contributed by atoms with Gasteiger partial charge in [0.2, 0.25) is 0 Å². The lowest BCUT2D eigenvalue weighted by Crippen LogP contribution is -1.88. The first-order chi connectivity index (χ1) is 6.93. The largest absolute Gasteiger partial charge is 0.297 e. The summed E-state index contributed by atoms with van der Waals surface area (Å²) in [4.78, 5) is 3.91. The molecular formula is C11H7N2S. The van der Waals surface area contributed by atoms with Crippen LogP contribution in [0.1, 0.15) is 0 Å². The Hall–Kier alpha value is -1.61. The lowest BCUT2D eigenvalue weighted by molar-refractivity contribution is 1.05. The standard InChI is InChI=1S/C11H7N2S/c1-2-10(13-5-4-12-8-13)7-11-9(1)3-6-14-11/h1-7H. The number of thiophene rings is 1. The van der Waals surface area contributed by atoms with Crippen LogP contribution < -0.4 is 0 Å². The normalized spacial score (nSPS) is 10.9. The van der Waals surface area contributed by atoms with Gasteiger partial charge in [-0.1, -0.05) is 6.07 Å². The van der Waals surface area contributed by atoms with Gasteiger partial charge in [-0.2, -0.15) is 0 Å². The Balaban J connectivity index is 2.23. The van der Waals surface area contributed by atoms with Gasteiger partial charge in [0.15, 0.2) is 6.33 Å². The van der Waals surface area contributed by atoms with Crippen LogP contribution in [0, 0.1) is 6.33 Å². The van der Waals surface area contributed by atoms with E-state index in [9.17, 15) is 0 Å². The van der Waals surface area contributed by atoms with Crippen LogP contribution in [0.4, 0.5) is 0 Å². The maximum atomic E-state index is 3.91. The molecule has 0 saturated carbocycles. The van der Waals surface area contributed by atoms with Gasteiger partial charge in [-0.15, -0.1) is 11.3 Å². The molecule has 0 aliphatic heterocycles. The zero-order valence-corrected chi connectivity index (χ0v) is 8.16. The van der Waals surface area contributed by atoms with E-state index in [1.807, 2.05) is 10.8 Å². The molecule has 0 fully saturated rings. The molecule has 0 amide bonds. The Morgan fingerprint density at radius 3 is 3.14 bits per heavy atom. The highest BCUT2D eigenvalue weighted by molar-refractivity contribution is 7.17. The van der Waals surface area contributed by atoms with Crippen molar-refractivity contribution in [2.75, 3.05) is 0 Å². The fourth-order valence-corrected chi connectivity index (χ4v) is 2.29. The zero-order valence-electron chi connectivity index (χ0n) is 7.34. The third kappa shape index (κ3) is 1.14. The molecule has 0 aliphatic rings. The van der Waals surface area contributed by atoms with Gasteiger partial charge in [-0.25, -0.2) is 4.98 Å². The summed E-state index contributed by atoms with van der Waals surface area (Å²) in [6, 6.07) is 8.47. The summed E-state index contributed by atoms with van der Waals surface area (Å²) in [6.07, 6.45) is 6.51. The van der Waals surface area contributed by atoms with Gasteiger partial charge in [-0.05, 0) is 29.0 Å². The molecule has 2 heterocycles. The maximum Gasteiger partial charge on any atom is 0.181 e. The van der Waals surface area contributed by atoms with E-state index in [1.165, 1.54) is 10.1 Å². The van der Waals surface area contributed by atoms with E-state index < -0.39 is 0 Å². The summed E-state index contributed by atoms with van der Waals surface area (Å²) in [5.74, 6) is 0. The molecule has 0 unspecified atom stereocenters. The van der Waals surface area contributed by atoms with Gasteiger partial charge in [-0.3, -0.25) is 4.57 Å². The van der Waals surface area contributed by atoms with Gasteiger partial charge in [0.1, 0.15) is 0 Å². The van der Waals surface area contributed by atoms with Crippen LogP contribution in [0.3, 0.4) is 0 Å². The average Bonchev–Trinajstić information content (AvgIpc) is 2.88. The molecule has 3 rings (SSSR count). The van der Waals surface area contributed by atoms with Gasteiger partial charge in [0.25, 0.3) is 0 Å². The van der Waals surface area contributed by atoms with Crippen LogP contribution in [0.2, 0.25) is 0 Å². The highest BCUT2D eigenvalue weighted by Gasteiger charge is 1.98. The molecular weight excluding hydrogens is 192 g/mol. The second kappa shape index (κ2) is 2.96. The molecule has 14 heavy (non-hydrogen) atoms. The summed E-state index contributed by atoms with van der Waals surface area (Å²) in [6.45, 7) is 0. The predicted octanol–water partition coefficient (Wildman–Crippen LogP) is 2.89. The molecule has 0 N–H and O–H groups in total. The number of hydrogen-bond acceptors (Lipinski definition) is 2. The van der Waals surface area contributed by atoms with Gasteiger partial charge in [0.05, 0.1) is 0 Å². The Morgan fingerprint density at radius 2 is 2.29 bits per heavy atom. The lowest BCUT2D eigenvalue weighted by Gasteiger charge is -2.00. The number of nitrogens with zero attached hydrogens (tertiary/aromatic N) is 2. The van der Waals surface area contributed by atoms with E-state index in [1.54, 1.807) is 17.5 Å². The Labute approximate surface area is 85.4 Å². The van der Waals surface area contributed by atoms with Crippen LogP contribution in [0.15, 0.2) is 42.0 Å².